The van der Waals surface area contributed by atoms with E-state index in [9.17, 15) is 8.42 Å². The molecule has 0 N–H and O–H groups in total. The molecule has 2 rings (SSSR count). The number of hydrogen-bond donors (Lipinski definition) is 0. The van der Waals surface area contributed by atoms with Crippen molar-refractivity contribution >= 4 is 41.7 Å². The molecule has 1 aliphatic rings. The Labute approximate surface area is 136 Å². The van der Waals surface area contributed by atoms with Crippen molar-refractivity contribution in [3.05, 3.63) is 22.2 Å². The van der Waals surface area contributed by atoms with Gasteiger partial charge in [0, 0.05) is 10.4 Å². The Morgan fingerprint density at radius 2 is 2.00 bits per heavy atom. The summed E-state index contributed by atoms with van der Waals surface area (Å²) in [5.41, 5.74) is 0.933. The van der Waals surface area contributed by atoms with E-state index in [1.807, 2.05) is 12.1 Å². The van der Waals surface area contributed by atoms with Gasteiger partial charge >= 0.3 is 0 Å². The third kappa shape index (κ3) is 3.14. The first-order chi connectivity index (χ1) is 9.39. The second-order valence-electron chi connectivity index (χ2n) is 4.77. The number of rotatable bonds is 4. The number of halogens is 2. The predicted molar refractivity (Wildman–Crippen MR) is 85.7 cm³/mol. The molecule has 0 aliphatic carbocycles. The van der Waals surface area contributed by atoms with E-state index in [1.165, 1.54) is 0 Å². The molecule has 4 nitrogen and oxygen atoms in total. The molecule has 1 aromatic carbocycles. The van der Waals surface area contributed by atoms with E-state index in [1.54, 1.807) is 14.2 Å². The maximum absolute atomic E-state index is 11.6. The molecule has 0 radical (unpaired) electrons. The SMILES string of the molecule is COc1ccc(C(Br)C2CCS(=O)(=O)C2)c(OC)c1Br. The van der Waals surface area contributed by atoms with Crippen LogP contribution in [-0.2, 0) is 9.84 Å². The van der Waals surface area contributed by atoms with Gasteiger partial charge in [-0.1, -0.05) is 22.0 Å². The maximum Gasteiger partial charge on any atom is 0.150 e. The van der Waals surface area contributed by atoms with E-state index >= 15 is 0 Å². The van der Waals surface area contributed by atoms with Gasteiger partial charge in [0.05, 0.1) is 25.7 Å². The van der Waals surface area contributed by atoms with Crippen molar-refractivity contribution in [2.75, 3.05) is 25.7 Å². The monoisotopic (exact) mass is 426 g/mol. The highest BCUT2D eigenvalue weighted by Gasteiger charge is 2.35. The first-order valence-corrected chi connectivity index (χ1v) is 9.67. The van der Waals surface area contributed by atoms with Crippen LogP contribution in [0.25, 0.3) is 0 Å². The highest BCUT2D eigenvalue weighted by atomic mass is 79.9. The average Bonchev–Trinajstić information content (AvgIpc) is 2.78. The number of sulfone groups is 1. The first kappa shape index (κ1) is 16.1. The highest BCUT2D eigenvalue weighted by molar-refractivity contribution is 9.10. The summed E-state index contributed by atoms with van der Waals surface area (Å²) in [7, 11) is 0.285. The molecule has 0 saturated carbocycles. The fraction of sp³-hybridized carbons (Fsp3) is 0.538. The second kappa shape index (κ2) is 6.23. The van der Waals surface area contributed by atoms with E-state index in [0.717, 1.165) is 10.0 Å². The third-order valence-electron chi connectivity index (χ3n) is 3.49. The number of ether oxygens (including phenoxy) is 2. The molecule has 2 unspecified atom stereocenters. The van der Waals surface area contributed by atoms with Gasteiger partial charge in [0.1, 0.15) is 16.0 Å². The van der Waals surface area contributed by atoms with Crippen molar-refractivity contribution in [1.82, 2.24) is 0 Å². The van der Waals surface area contributed by atoms with Gasteiger partial charge in [0.15, 0.2) is 9.84 Å². The molecule has 1 fully saturated rings. The molecule has 0 aromatic heterocycles. The molecule has 0 amide bonds. The quantitative estimate of drug-likeness (QED) is 0.691. The Morgan fingerprint density at radius 3 is 2.50 bits per heavy atom. The number of methoxy groups -OCH3 is 2. The van der Waals surface area contributed by atoms with Gasteiger partial charge in [0.2, 0.25) is 0 Å². The predicted octanol–water partition coefficient (Wildman–Crippen LogP) is 3.34. The zero-order valence-corrected chi connectivity index (χ0v) is 15.2. The summed E-state index contributed by atoms with van der Waals surface area (Å²) in [4.78, 5) is -0.0584. The maximum atomic E-state index is 11.6. The van der Waals surface area contributed by atoms with Crippen molar-refractivity contribution in [3.63, 3.8) is 0 Å². The van der Waals surface area contributed by atoms with Crippen LogP contribution >= 0.6 is 31.9 Å². The van der Waals surface area contributed by atoms with Gasteiger partial charge < -0.3 is 9.47 Å². The van der Waals surface area contributed by atoms with Gasteiger partial charge in [0.25, 0.3) is 0 Å². The van der Waals surface area contributed by atoms with Crippen LogP contribution in [0.4, 0.5) is 0 Å². The van der Waals surface area contributed by atoms with Crippen molar-refractivity contribution in [1.29, 1.82) is 0 Å². The molecule has 112 valence electrons. The summed E-state index contributed by atoms with van der Waals surface area (Å²) in [6.45, 7) is 0. The Morgan fingerprint density at radius 1 is 1.30 bits per heavy atom. The zero-order chi connectivity index (χ0) is 14.9. The summed E-state index contributed by atoms with van der Waals surface area (Å²) < 4.78 is 34.7. The van der Waals surface area contributed by atoms with E-state index in [2.05, 4.69) is 31.9 Å². The highest BCUT2D eigenvalue weighted by Crippen LogP contribution is 2.46. The van der Waals surface area contributed by atoms with Crippen LogP contribution in [-0.4, -0.2) is 34.1 Å². The average molecular weight is 428 g/mol. The van der Waals surface area contributed by atoms with Crippen LogP contribution in [0.2, 0.25) is 0 Å². The minimum Gasteiger partial charge on any atom is -0.495 e. The second-order valence-corrected chi connectivity index (χ2v) is 8.78. The molecular weight excluding hydrogens is 412 g/mol. The fourth-order valence-electron chi connectivity index (χ4n) is 2.44. The molecule has 7 heteroatoms. The fourth-order valence-corrected chi connectivity index (χ4v) is 6.03. The van der Waals surface area contributed by atoms with Gasteiger partial charge in [-0.3, -0.25) is 0 Å². The summed E-state index contributed by atoms with van der Waals surface area (Å²) in [5, 5.41) is 0. The number of benzene rings is 1. The Kier molecular flexibility index (Phi) is 5.02. The molecule has 1 heterocycles. The van der Waals surface area contributed by atoms with E-state index in [0.29, 0.717) is 17.9 Å². The van der Waals surface area contributed by atoms with E-state index in [4.69, 9.17) is 9.47 Å². The molecule has 1 aromatic rings. The van der Waals surface area contributed by atoms with Crippen LogP contribution in [0.3, 0.4) is 0 Å². The van der Waals surface area contributed by atoms with Crippen molar-refractivity contribution < 1.29 is 17.9 Å². The molecular formula is C13H16Br2O4S. The molecule has 1 saturated heterocycles. The van der Waals surface area contributed by atoms with Crippen LogP contribution in [0, 0.1) is 5.92 Å². The third-order valence-corrected chi connectivity index (χ3v) is 7.28. The summed E-state index contributed by atoms with van der Waals surface area (Å²) >= 11 is 7.09. The number of hydrogen-bond acceptors (Lipinski definition) is 4. The molecule has 0 spiro atoms. The Balaban J connectivity index is 2.35. The van der Waals surface area contributed by atoms with Crippen molar-refractivity contribution in [2.45, 2.75) is 11.2 Å². The first-order valence-electron chi connectivity index (χ1n) is 6.14. The summed E-state index contributed by atoms with van der Waals surface area (Å²) in [6, 6.07) is 3.76. The molecule has 20 heavy (non-hydrogen) atoms. The minimum absolute atomic E-state index is 0.0584. The van der Waals surface area contributed by atoms with Crippen molar-refractivity contribution in [2.24, 2.45) is 5.92 Å². The lowest BCUT2D eigenvalue weighted by atomic mass is 9.98. The number of alkyl halides is 1. The lowest BCUT2D eigenvalue weighted by Crippen LogP contribution is -2.11. The van der Waals surface area contributed by atoms with Gasteiger partial charge in [-0.15, -0.1) is 0 Å². The largest absolute Gasteiger partial charge is 0.495 e. The van der Waals surface area contributed by atoms with Gasteiger partial charge in [-0.05, 0) is 34.3 Å². The standard InChI is InChI=1S/C13H16Br2O4S/c1-18-10-4-3-9(13(19-2)12(10)15)11(14)8-5-6-20(16,17)7-8/h3-4,8,11H,5-7H2,1-2H3. The van der Waals surface area contributed by atoms with Crippen LogP contribution in [0.15, 0.2) is 16.6 Å². The Hall–Kier alpha value is -0.270. The lowest BCUT2D eigenvalue weighted by molar-refractivity contribution is 0.383. The minimum atomic E-state index is -2.90. The summed E-state index contributed by atoms with van der Waals surface area (Å²) in [6.07, 6.45) is 0.672. The molecule has 1 aliphatic heterocycles. The van der Waals surface area contributed by atoms with E-state index < -0.39 is 9.84 Å². The van der Waals surface area contributed by atoms with Gasteiger partial charge in [-0.25, -0.2) is 8.42 Å². The van der Waals surface area contributed by atoms with E-state index in [-0.39, 0.29) is 22.3 Å². The smallest absolute Gasteiger partial charge is 0.150 e. The molecule has 0 bridgehead atoms. The van der Waals surface area contributed by atoms with Crippen LogP contribution < -0.4 is 9.47 Å². The van der Waals surface area contributed by atoms with Gasteiger partial charge in [-0.2, -0.15) is 0 Å². The molecule has 2 atom stereocenters. The summed E-state index contributed by atoms with van der Waals surface area (Å²) in [5.74, 6) is 1.91. The normalized spacial score (nSPS) is 22.5. The lowest BCUT2D eigenvalue weighted by Gasteiger charge is -2.21. The van der Waals surface area contributed by atoms with Crippen molar-refractivity contribution in [3.8, 4) is 11.5 Å². The zero-order valence-electron chi connectivity index (χ0n) is 11.2. The van der Waals surface area contributed by atoms with Crippen LogP contribution in [0.1, 0.15) is 16.8 Å². The van der Waals surface area contributed by atoms with Crippen LogP contribution in [0.5, 0.6) is 11.5 Å². The Bertz CT molecular complexity index is 601. The topological polar surface area (TPSA) is 52.6 Å².